The van der Waals surface area contributed by atoms with Crippen LogP contribution < -0.4 is 14.2 Å². The molecule has 20 heavy (non-hydrogen) atoms. The van der Waals surface area contributed by atoms with Gasteiger partial charge >= 0.3 is 5.97 Å². The lowest BCUT2D eigenvalue weighted by atomic mass is 10.1. The van der Waals surface area contributed by atoms with Crippen LogP contribution in [0.1, 0.15) is 5.56 Å². The number of hydrogen-bond acceptors (Lipinski definition) is 6. The molecule has 0 atom stereocenters. The molecule has 1 aromatic carbocycles. The second-order valence-corrected chi connectivity index (χ2v) is 3.50. The molecule has 0 amide bonds. The van der Waals surface area contributed by atoms with Crippen molar-refractivity contribution < 1.29 is 28.5 Å². The zero-order valence-electron chi connectivity index (χ0n) is 11.8. The Labute approximate surface area is 117 Å². The molecule has 0 unspecified atom stereocenters. The van der Waals surface area contributed by atoms with Gasteiger partial charge in [-0.25, -0.2) is 4.79 Å². The highest BCUT2D eigenvalue weighted by Gasteiger charge is 2.12. The van der Waals surface area contributed by atoms with Crippen molar-refractivity contribution in [1.29, 1.82) is 0 Å². The molecular weight excluding hydrogens is 264 g/mol. The van der Waals surface area contributed by atoms with Crippen molar-refractivity contribution in [2.24, 2.45) is 0 Å². The summed E-state index contributed by atoms with van der Waals surface area (Å²) in [6.45, 7) is 0.0310. The average Bonchev–Trinajstić information content (AvgIpc) is 2.49. The highest BCUT2D eigenvalue weighted by atomic mass is 16.7. The van der Waals surface area contributed by atoms with Crippen LogP contribution in [0.2, 0.25) is 0 Å². The van der Waals surface area contributed by atoms with Gasteiger partial charge in [-0.2, -0.15) is 0 Å². The first-order valence-corrected chi connectivity index (χ1v) is 5.64. The van der Waals surface area contributed by atoms with Crippen LogP contribution >= 0.6 is 0 Å². The summed E-state index contributed by atoms with van der Waals surface area (Å²) in [4.78, 5) is 11.1. The molecule has 1 rings (SSSR count). The van der Waals surface area contributed by atoms with E-state index in [1.54, 1.807) is 12.1 Å². The second kappa shape index (κ2) is 7.92. The molecule has 0 aliphatic rings. The van der Waals surface area contributed by atoms with Gasteiger partial charge in [0, 0.05) is 25.2 Å². The molecule has 0 aliphatic carbocycles. The number of ether oxygens (including phenoxy) is 5. The number of methoxy groups -OCH3 is 4. The molecule has 1 aromatic rings. The van der Waals surface area contributed by atoms with Crippen molar-refractivity contribution in [2.45, 2.75) is 0 Å². The zero-order valence-corrected chi connectivity index (χ0v) is 11.8. The van der Waals surface area contributed by atoms with E-state index in [1.807, 2.05) is 0 Å². The Balaban J connectivity index is 3.27. The first-order chi connectivity index (χ1) is 9.65. The Hall–Kier alpha value is -2.39. The number of esters is 1. The van der Waals surface area contributed by atoms with Crippen molar-refractivity contribution in [3.63, 3.8) is 0 Å². The number of benzene rings is 1. The van der Waals surface area contributed by atoms with Crippen molar-refractivity contribution in [1.82, 2.24) is 0 Å². The Morgan fingerprint density at radius 2 is 1.80 bits per heavy atom. The molecule has 0 radical (unpaired) electrons. The van der Waals surface area contributed by atoms with Crippen LogP contribution in [0.25, 0.3) is 0 Å². The Morgan fingerprint density at radius 1 is 1.10 bits per heavy atom. The third-order valence-electron chi connectivity index (χ3n) is 2.30. The summed E-state index contributed by atoms with van der Waals surface area (Å²) in [5.74, 6) is 5.68. The summed E-state index contributed by atoms with van der Waals surface area (Å²) in [5, 5.41) is 0. The Kier molecular flexibility index (Phi) is 6.20. The first-order valence-electron chi connectivity index (χ1n) is 5.64. The summed E-state index contributed by atoms with van der Waals surface area (Å²) < 4.78 is 25.1. The third kappa shape index (κ3) is 4.07. The van der Waals surface area contributed by atoms with E-state index in [1.165, 1.54) is 28.4 Å². The molecule has 6 nitrogen and oxygen atoms in total. The van der Waals surface area contributed by atoms with E-state index in [0.717, 1.165) is 0 Å². The molecule has 0 aromatic heterocycles. The van der Waals surface area contributed by atoms with E-state index in [9.17, 15) is 4.79 Å². The third-order valence-corrected chi connectivity index (χ3v) is 2.30. The lowest BCUT2D eigenvalue weighted by molar-refractivity contribution is -0.133. The van der Waals surface area contributed by atoms with Gasteiger partial charge in [-0.05, 0) is 5.92 Å². The zero-order chi connectivity index (χ0) is 15.0. The van der Waals surface area contributed by atoms with Gasteiger partial charge < -0.3 is 23.7 Å². The van der Waals surface area contributed by atoms with Crippen molar-refractivity contribution in [3.8, 4) is 29.1 Å². The quantitative estimate of drug-likeness (QED) is 0.459. The van der Waals surface area contributed by atoms with E-state index < -0.39 is 5.97 Å². The predicted molar refractivity (Wildman–Crippen MR) is 70.9 cm³/mol. The lowest BCUT2D eigenvalue weighted by Gasteiger charge is -2.12. The summed E-state index contributed by atoms with van der Waals surface area (Å²) in [5.41, 5.74) is 0.413. The fourth-order valence-electron chi connectivity index (χ4n) is 1.37. The van der Waals surface area contributed by atoms with E-state index in [0.29, 0.717) is 22.8 Å². The van der Waals surface area contributed by atoms with Crippen LogP contribution in [0.3, 0.4) is 0 Å². The molecule has 0 heterocycles. The maximum atomic E-state index is 11.1. The number of carbonyl (C=O) groups excluding carboxylic acids is 1. The van der Waals surface area contributed by atoms with Gasteiger partial charge in [0.05, 0.1) is 21.3 Å². The summed E-state index contributed by atoms with van der Waals surface area (Å²) in [6, 6.07) is 3.27. The second-order valence-electron chi connectivity index (χ2n) is 3.50. The monoisotopic (exact) mass is 280 g/mol. The smallest absolute Gasteiger partial charge is 0.384 e. The minimum atomic E-state index is -0.652. The van der Waals surface area contributed by atoms with Crippen LogP contribution in [0, 0.1) is 11.8 Å². The highest BCUT2D eigenvalue weighted by molar-refractivity contribution is 5.89. The minimum absolute atomic E-state index is 0.0310. The summed E-state index contributed by atoms with van der Waals surface area (Å²) in [7, 11) is 5.76. The largest absolute Gasteiger partial charge is 0.496 e. The molecule has 0 aliphatic heterocycles. The van der Waals surface area contributed by atoms with Gasteiger partial charge in [0.1, 0.15) is 22.8 Å². The fraction of sp³-hybridized carbons (Fsp3) is 0.357. The fourth-order valence-corrected chi connectivity index (χ4v) is 1.37. The molecule has 0 bridgehead atoms. The van der Waals surface area contributed by atoms with Gasteiger partial charge in [0.25, 0.3) is 0 Å². The number of hydrogen-bond donors (Lipinski definition) is 0. The predicted octanol–water partition coefficient (Wildman–Crippen LogP) is 1.21. The molecule has 108 valence electrons. The molecular formula is C14H16O6. The van der Waals surface area contributed by atoms with E-state index in [2.05, 4.69) is 16.6 Å². The Bertz CT molecular complexity index is 526. The van der Waals surface area contributed by atoms with Gasteiger partial charge in [0.15, 0.2) is 6.79 Å². The van der Waals surface area contributed by atoms with Gasteiger partial charge in [0.2, 0.25) is 0 Å². The molecule has 0 spiro atoms. The number of rotatable bonds is 5. The van der Waals surface area contributed by atoms with Gasteiger partial charge in [-0.1, -0.05) is 0 Å². The first kappa shape index (κ1) is 15.7. The molecule has 0 saturated carbocycles. The van der Waals surface area contributed by atoms with E-state index in [4.69, 9.17) is 18.9 Å². The minimum Gasteiger partial charge on any atom is -0.496 e. The maximum Gasteiger partial charge on any atom is 0.384 e. The molecule has 6 heteroatoms. The van der Waals surface area contributed by atoms with Crippen LogP contribution in [0.5, 0.6) is 17.2 Å². The van der Waals surface area contributed by atoms with Crippen LogP contribution in [-0.4, -0.2) is 41.2 Å². The number of carbonyl (C=O) groups is 1. The van der Waals surface area contributed by atoms with Crippen LogP contribution in [-0.2, 0) is 14.3 Å². The van der Waals surface area contributed by atoms with E-state index >= 15 is 0 Å². The SMILES string of the molecule is COCOc1cc(OC)cc(OC)c1C#CC(=O)OC. The topological polar surface area (TPSA) is 63.2 Å². The molecule has 0 fully saturated rings. The maximum absolute atomic E-state index is 11.1. The van der Waals surface area contributed by atoms with Crippen molar-refractivity contribution in [3.05, 3.63) is 17.7 Å². The van der Waals surface area contributed by atoms with Gasteiger partial charge in [-0.3, -0.25) is 0 Å². The van der Waals surface area contributed by atoms with Gasteiger partial charge in [-0.15, -0.1) is 0 Å². The summed E-state index contributed by atoms with van der Waals surface area (Å²) in [6.07, 6.45) is 0. The highest BCUT2D eigenvalue weighted by Crippen LogP contribution is 2.33. The summed E-state index contributed by atoms with van der Waals surface area (Å²) >= 11 is 0. The Morgan fingerprint density at radius 3 is 2.35 bits per heavy atom. The normalized spacial score (nSPS) is 9.20. The standard InChI is InChI=1S/C14H16O6/c1-16-9-20-13-8-10(17-2)7-12(18-3)11(13)5-6-14(15)19-4/h7-8H,9H2,1-4H3. The average molecular weight is 280 g/mol. The van der Waals surface area contributed by atoms with E-state index in [-0.39, 0.29) is 6.79 Å². The molecule has 0 saturated heterocycles. The molecule has 0 N–H and O–H groups in total. The van der Waals surface area contributed by atoms with Crippen molar-refractivity contribution >= 4 is 5.97 Å². The van der Waals surface area contributed by atoms with Crippen LogP contribution in [0.15, 0.2) is 12.1 Å². The lowest BCUT2D eigenvalue weighted by Crippen LogP contribution is -2.03. The van der Waals surface area contributed by atoms with Crippen LogP contribution in [0.4, 0.5) is 0 Å². The van der Waals surface area contributed by atoms with Crippen molar-refractivity contribution in [2.75, 3.05) is 35.2 Å².